The zero-order valence-corrected chi connectivity index (χ0v) is 14.1. The lowest BCUT2D eigenvalue weighted by Crippen LogP contribution is -2.01. The van der Waals surface area contributed by atoms with Gasteiger partial charge in [0.15, 0.2) is 0 Å². The molecule has 25 heavy (non-hydrogen) atoms. The van der Waals surface area contributed by atoms with Crippen molar-refractivity contribution in [1.82, 2.24) is 0 Å². The molecule has 0 heterocycles. The maximum Gasteiger partial charge on any atom is 0.115 e. The van der Waals surface area contributed by atoms with Gasteiger partial charge in [-0.2, -0.15) is 0 Å². The molecule has 3 aromatic carbocycles. The maximum absolute atomic E-state index is 9.95. The second kappa shape index (κ2) is 8.74. The highest BCUT2D eigenvalue weighted by Crippen LogP contribution is 2.17. The molecule has 1 N–H and O–H groups in total. The largest absolute Gasteiger partial charge is 0.380 e. The third-order valence-corrected chi connectivity index (χ3v) is 3.95. The summed E-state index contributed by atoms with van der Waals surface area (Å²) in [4.78, 5) is 0. The first kappa shape index (κ1) is 16.8. The lowest BCUT2D eigenvalue weighted by atomic mass is 10.0. The second-order valence-corrected chi connectivity index (χ2v) is 5.87. The van der Waals surface area contributed by atoms with Gasteiger partial charge in [-0.25, -0.2) is 0 Å². The van der Waals surface area contributed by atoms with Crippen molar-refractivity contribution >= 4 is 10.8 Å². The Kier molecular flexibility index (Phi) is 5.89. The highest BCUT2D eigenvalue weighted by atomic mass is 16.3. The zero-order chi connectivity index (χ0) is 17.3. The van der Waals surface area contributed by atoms with Gasteiger partial charge in [-0.05, 0) is 41.8 Å². The first-order valence-electron chi connectivity index (χ1n) is 8.54. The summed E-state index contributed by atoms with van der Waals surface area (Å²) in [7, 11) is 0. The van der Waals surface area contributed by atoms with E-state index in [-0.39, 0.29) is 0 Å². The maximum atomic E-state index is 9.95. The summed E-state index contributed by atoms with van der Waals surface area (Å²) < 4.78 is 0. The van der Waals surface area contributed by atoms with Crippen molar-refractivity contribution in [3.05, 3.63) is 83.9 Å². The monoisotopic (exact) mass is 324 g/mol. The van der Waals surface area contributed by atoms with Crippen LogP contribution in [0.2, 0.25) is 0 Å². The number of hydrogen-bond acceptors (Lipinski definition) is 1. The number of benzene rings is 3. The van der Waals surface area contributed by atoms with Crippen LogP contribution in [0.15, 0.2) is 72.8 Å². The minimum atomic E-state index is -0.598. The fourth-order valence-corrected chi connectivity index (χ4v) is 2.64. The Labute approximate surface area is 149 Å². The van der Waals surface area contributed by atoms with Crippen LogP contribution >= 0.6 is 0 Å². The van der Waals surface area contributed by atoms with Gasteiger partial charge in [0.2, 0.25) is 0 Å². The molecule has 0 saturated carbocycles. The molecular formula is C24H20O. The predicted molar refractivity (Wildman–Crippen MR) is 104 cm³/mol. The molecule has 1 atom stereocenters. The van der Waals surface area contributed by atoms with Crippen LogP contribution in [0.4, 0.5) is 0 Å². The Balaban J connectivity index is 1.52. The van der Waals surface area contributed by atoms with E-state index in [2.05, 4.69) is 47.9 Å². The molecule has 0 radical (unpaired) electrons. The Morgan fingerprint density at radius 1 is 0.800 bits per heavy atom. The van der Waals surface area contributed by atoms with Gasteiger partial charge in [0.1, 0.15) is 6.10 Å². The predicted octanol–water partition coefficient (Wildman–Crippen LogP) is 4.77. The van der Waals surface area contributed by atoms with Gasteiger partial charge < -0.3 is 5.11 Å². The summed E-state index contributed by atoms with van der Waals surface area (Å²) in [5.74, 6) is 12.3. The number of fused-ring (bicyclic) bond motifs is 1. The summed E-state index contributed by atoms with van der Waals surface area (Å²) in [5, 5.41) is 12.3. The fourth-order valence-electron chi connectivity index (χ4n) is 2.64. The summed E-state index contributed by atoms with van der Waals surface area (Å²) in [5.41, 5.74) is 1.99. The average molecular weight is 324 g/mol. The molecular weight excluding hydrogens is 304 g/mol. The van der Waals surface area contributed by atoms with E-state index in [1.54, 1.807) is 0 Å². The van der Waals surface area contributed by atoms with Crippen molar-refractivity contribution in [2.45, 2.75) is 25.4 Å². The molecule has 0 bridgehead atoms. The minimum Gasteiger partial charge on any atom is -0.380 e. The SMILES string of the molecule is OC(C#Cc1ccccc1)CCCC#Cc1cccc2ccccc12. The topological polar surface area (TPSA) is 20.2 Å². The van der Waals surface area contributed by atoms with Crippen LogP contribution in [0.25, 0.3) is 10.8 Å². The van der Waals surface area contributed by atoms with Crippen LogP contribution in [0.5, 0.6) is 0 Å². The number of aliphatic hydroxyl groups is 1. The van der Waals surface area contributed by atoms with Crippen LogP contribution < -0.4 is 0 Å². The number of aliphatic hydroxyl groups excluding tert-OH is 1. The molecule has 0 aliphatic rings. The van der Waals surface area contributed by atoms with E-state index >= 15 is 0 Å². The minimum absolute atomic E-state index is 0.598. The summed E-state index contributed by atoms with van der Waals surface area (Å²) >= 11 is 0. The Bertz CT molecular complexity index is 944. The van der Waals surface area contributed by atoms with E-state index in [9.17, 15) is 5.11 Å². The molecule has 3 rings (SSSR count). The third kappa shape index (κ3) is 4.98. The molecule has 1 nitrogen and oxygen atoms in total. The van der Waals surface area contributed by atoms with E-state index in [4.69, 9.17) is 0 Å². The van der Waals surface area contributed by atoms with Gasteiger partial charge in [-0.15, -0.1) is 0 Å². The lowest BCUT2D eigenvalue weighted by molar-refractivity contribution is 0.219. The Morgan fingerprint density at radius 2 is 1.56 bits per heavy atom. The molecule has 0 saturated heterocycles. The van der Waals surface area contributed by atoms with Crippen molar-refractivity contribution in [1.29, 1.82) is 0 Å². The first-order chi connectivity index (χ1) is 12.3. The normalized spacial score (nSPS) is 11.1. The molecule has 0 amide bonds. The van der Waals surface area contributed by atoms with Crippen LogP contribution in [-0.4, -0.2) is 11.2 Å². The van der Waals surface area contributed by atoms with E-state index in [1.165, 1.54) is 10.8 Å². The first-order valence-corrected chi connectivity index (χ1v) is 8.54. The van der Waals surface area contributed by atoms with E-state index in [1.807, 2.05) is 48.5 Å². The number of rotatable bonds is 3. The van der Waals surface area contributed by atoms with E-state index in [0.717, 1.165) is 24.0 Å². The van der Waals surface area contributed by atoms with Gasteiger partial charge in [0.25, 0.3) is 0 Å². The molecule has 0 spiro atoms. The number of hydrogen-bond donors (Lipinski definition) is 1. The van der Waals surface area contributed by atoms with Gasteiger partial charge in [0.05, 0.1) is 0 Å². The van der Waals surface area contributed by atoms with Crippen LogP contribution in [0.1, 0.15) is 30.4 Å². The second-order valence-electron chi connectivity index (χ2n) is 5.87. The average Bonchev–Trinajstić information content (AvgIpc) is 2.67. The van der Waals surface area contributed by atoms with Gasteiger partial charge in [-0.1, -0.05) is 78.3 Å². The Hall–Kier alpha value is -3.00. The molecule has 0 aromatic heterocycles. The molecule has 0 aliphatic carbocycles. The highest BCUT2D eigenvalue weighted by molar-refractivity contribution is 5.88. The van der Waals surface area contributed by atoms with Crippen LogP contribution in [-0.2, 0) is 0 Å². The van der Waals surface area contributed by atoms with Gasteiger partial charge >= 0.3 is 0 Å². The van der Waals surface area contributed by atoms with E-state index < -0.39 is 6.10 Å². The summed E-state index contributed by atoms with van der Waals surface area (Å²) in [6.07, 6.45) is 1.64. The molecule has 1 heteroatoms. The van der Waals surface area contributed by atoms with Gasteiger partial charge in [-0.3, -0.25) is 0 Å². The van der Waals surface area contributed by atoms with Crippen molar-refractivity contribution < 1.29 is 5.11 Å². The smallest absolute Gasteiger partial charge is 0.115 e. The van der Waals surface area contributed by atoms with Crippen molar-refractivity contribution in [3.63, 3.8) is 0 Å². The fraction of sp³-hybridized carbons (Fsp3) is 0.167. The molecule has 0 fully saturated rings. The van der Waals surface area contributed by atoms with Crippen molar-refractivity contribution in [3.8, 4) is 23.7 Å². The lowest BCUT2D eigenvalue weighted by Gasteiger charge is -2.00. The van der Waals surface area contributed by atoms with Gasteiger partial charge in [0, 0.05) is 17.5 Å². The molecule has 122 valence electrons. The summed E-state index contributed by atoms with van der Waals surface area (Å²) in [6, 6.07) is 24.2. The quantitative estimate of drug-likeness (QED) is 0.543. The van der Waals surface area contributed by atoms with Crippen LogP contribution in [0, 0.1) is 23.7 Å². The standard InChI is InChI=1S/C24H20O/c25-23(19-18-20-10-3-1-4-11-20)16-6-2-5-12-21-14-9-15-22-13-7-8-17-24(21)22/h1,3-4,7-11,13-15,17,23,25H,2,6,16H2. The summed E-state index contributed by atoms with van der Waals surface area (Å²) in [6.45, 7) is 0. The number of unbranched alkanes of at least 4 members (excludes halogenated alkanes) is 1. The Morgan fingerprint density at radius 3 is 2.44 bits per heavy atom. The molecule has 3 aromatic rings. The van der Waals surface area contributed by atoms with E-state index in [0.29, 0.717) is 6.42 Å². The molecule has 1 unspecified atom stereocenters. The van der Waals surface area contributed by atoms with Crippen molar-refractivity contribution in [2.75, 3.05) is 0 Å². The highest BCUT2D eigenvalue weighted by Gasteiger charge is 1.98. The third-order valence-electron chi connectivity index (χ3n) is 3.95. The zero-order valence-electron chi connectivity index (χ0n) is 14.1. The molecule has 0 aliphatic heterocycles. The van der Waals surface area contributed by atoms with Crippen molar-refractivity contribution in [2.24, 2.45) is 0 Å². The van der Waals surface area contributed by atoms with Crippen LogP contribution in [0.3, 0.4) is 0 Å².